The second-order valence-corrected chi connectivity index (χ2v) is 4.81. The third-order valence-electron chi connectivity index (χ3n) is 3.18. The number of hydrogen-bond acceptors (Lipinski definition) is 6. The summed E-state index contributed by atoms with van der Waals surface area (Å²) in [6.07, 6.45) is 3.21. The first-order valence-electron chi connectivity index (χ1n) is 6.75. The van der Waals surface area contributed by atoms with Crippen molar-refractivity contribution in [1.29, 1.82) is 0 Å². The van der Waals surface area contributed by atoms with Gasteiger partial charge in [-0.05, 0) is 13.0 Å². The largest absolute Gasteiger partial charge is 0.378 e. The van der Waals surface area contributed by atoms with Crippen molar-refractivity contribution in [3.63, 3.8) is 0 Å². The predicted octanol–water partition coefficient (Wildman–Crippen LogP) is 1.59. The monoisotopic (exact) mass is 288 g/mol. The fraction of sp³-hybridized carbons (Fsp3) is 0.357. The number of nitrogens with zero attached hydrogens (tertiary/aromatic N) is 3. The Hall–Kier alpha value is -2.41. The minimum Gasteiger partial charge on any atom is -0.378 e. The molecule has 0 aromatic carbocycles. The maximum Gasteiger partial charge on any atom is 0.255 e. The minimum absolute atomic E-state index is 0.0363. The zero-order chi connectivity index (χ0) is 14.7. The van der Waals surface area contributed by atoms with E-state index in [2.05, 4.69) is 15.5 Å². The van der Waals surface area contributed by atoms with Gasteiger partial charge in [0.05, 0.1) is 30.7 Å². The van der Waals surface area contributed by atoms with Crippen LogP contribution >= 0.6 is 0 Å². The lowest BCUT2D eigenvalue weighted by Gasteiger charge is -2.26. The number of anilines is 2. The molecule has 7 heteroatoms. The van der Waals surface area contributed by atoms with Crippen LogP contribution in [0.2, 0.25) is 0 Å². The van der Waals surface area contributed by atoms with E-state index in [1.165, 1.54) is 0 Å². The number of carbonyl (C=O) groups excluding carboxylic acids is 1. The Balaban J connectivity index is 1.74. The van der Waals surface area contributed by atoms with Crippen LogP contribution in [-0.2, 0) is 4.74 Å². The highest BCUT2D eigenvalue weighted by Gasteiger charge is 2.19. The number of morpholine rings is 1. The highest BCUT2D eigenvalue weighted by molar-refractivity contribution is 5.95. The first-order chi connectivity index (χ1) is 10.2. The van der Waals surface area contributed by atoms with Gasteiger partial charge >= 0.3 is 0 Å². The van der Waals surface area contributed by atoms with Crippen molar-refractivity contribution in [1.82, 2.24) is 15.0 Å². The Morgan fingerprint density at radius 1 is 1.29 bits per heavy atom. The molecule has 1 amide bonds. The summed E-state index contributed by atoms with van der Waals surface area (Å²) in [4.78, 5) is 18.2. The molecule has 21 heavy (non-hydrogen) atoms. The third-order valence-corrected chi connectivity index (χ3v) is 3.18. The summed E-state index contributed by atoms with van der Waals surface area (Å²) < 4.78 is 10.2. The highest BCUT2D eigenvalue weighted by atomic mass is 16.5. The molecule has 1 N–H and O–H groups in total. The summed E-state index contributed by atoms with van der Waals surface area (Å²) in [5, 5.41) is 6.91. The molecule has 1 aliphatic heterocycles. The van der Waals surface area contributed by atoms with E-state index < -0.39 is 0 Å². The van der Waals surface area contributed by atoms with E-state index in [1.807, 2.05) is 6.92 Å². The van der Waals surface area contributed by atoms with Crippen LogP contribution in [0.4, 0.5) is 11.5 Å². The Morgan fingerprint density at radius 2 is 2.10 bits per heavy atom. The number of ether oxygens (including phenoxy) is 1. The fourth-order valence-electron chi connectivity index (χ4n) is 2.15. The molecule has 0 radical (unpaired) electrons. The van der Waals surface area contributed by atoms with Gasteiger partial charge in [0.1, 0.15) is 5.76 Å². The van der Waals surface area contributed by atoms with Gasteiger partial charge in [-0.15, -0.1) is 0 Å². The number of carbonyl (C=O) groups is 1. The Labute approximate surface area is 121 Å². The SMILES string of the molecule is Cc1cc(Nc2cncc(C(=O)N3CCOCC3)c2)no1. The quantitative estimate of drug-likeness (QED) is 0.924. The lowest BCUT2D eigenvalue weighted by molar-refractivity contribution is 0.0302. The molecule has 3 rings (SSSR count). The number of rotatable bonds is 3. The van der Waals surface area contributed by atoms with Crippen LogP contribution < -0.4 is 5.32 Å². The normalized spacial score (nSPS) is 15.0. The molecule has 1 aliphatic rings. The number of pyridine rings is 1. The van der Waals surface area contributed by atoms with Gasteiger partial charge in [-0.1, -0.05) is 5.16 Å². The maximum atomic E-state index is 12.4. The van der Waals surface area contributed by atoms with Crippen LogP contribution in [-0.4, -0.2) is 47.3 Å². The number of aromatic nitrogens is 2. The molecule has 7 nitrogen and oxygen atoms in total. The van der Waals surface area contributed by atoms with Gasteiger partial charge in [-0.2, -0.15) is 0 Å². The molecule has 2 aromatic rings. The summed E-state index contributed by atoms with van der Waals surface area (Å²) in [6.45, 7) is 4.19. The highest BCUT2D eigenvalue weighted by Crippen LogP contribution is 2.17. The fourth-order valence-corrected chi connectivity index (χ4v) is 2.15. The van der Waals surface area contributed by atoms with E-state index in [1.54, 1.807) is 29.4 Å². The summed E-state index contributed by atoms with van der Waals surface area (Å²) >= 11 is 0. The molecular weight excluding hydrogens is 272 g/mol. The van der Waals surface area contributed by atoms with Gasteiger partial charge in [0.2, 0.25) is 0 Å². The van der Waals surface area contributed by atoms with Crippen LogP contribution in [0.25, 0.3) is 0 Å². The molecular formula is C14H16N4O3. The van der Waals surface area contributed by atoms with E-state index in [9.17, 15) is 4.79 Å². The van der Waals surface area contributed by atoms with E-state index in [0.29, 0.717) is 49.1 Å². The van der Waals surface area contributed by atoms with Crippen LogP contribution in [0.3, 0.4) is 0 Å². The maximum absolute atomic E-state index is 12.4. The number of hydrogen-bond donors (Lipinski definition) is 1. The van der Waals surface area contributed by atoms with E-state index >= 15 is 0 Å². The number of aryl methyl sites for hydroxylation is 1. The van der Waals surface area contributed by atoms with E-state index in [-0.39, 0.29) is 5.91 Å². The van der Waals surface area contributed by atoms with E-state index in [4.69, 9.17) is 9.26 Å². The molecule has 0 bridgehead atoms. The van der Waals surface area contributed by atoms with Crippen LogP contribution in [0, 0.1) is 6.92 Å². The summed E-state index contributed by atoms with van der Waals surface area (Å²) in [5.74, 6) is 1.27. The van der Waals surface area contributed by atoms with Crippen molar-refractivity contribution in [2.75, 3.05) is 31.6 Å². The van der Waals surface area contributed by atoms with Crippen molar-refractivity contribution in [2.24, 2.45) is 0 Å². The molecule has 0 saturated carbocycles. The predicted molar refractivity (Wildman–Crippen MR) is 75.5 cm³/mol. The minimum atomic E-state index is -0.0363. The average Bonchev–Trinajstić information content (AvgIpc) is 2.93. The van der Waals surface area contributed by atoms with Crippen molar-refractivity contribution < 1.29 is 14.1 Å². The third kappa shape index (κ3) is 3.19. The second-order valence-electron chi connectivity index (χ2n) is 4.81. The van der Waals surface area contributed by atoms with Crippen molar-refractivity contribution in [2.45, 2.75) is 6.92 Å². The first kappa shape index (κ1) is 13.6. The van der Waals surface area contributed by atoms with Crippen LogP contribution in [0.1, 0.15) is 16.1 Å². The van der Waals surface area contributed by atoms with Crippen LogP contribution in [0.5, 0.6) is 0 Å². The number of amides is 1. The van der Waals surface area contributed by atoms with Crippen molar-refractivity contribution in [3.8, 4) is 0 Å². The van der Waals surface area contributed by atoms with Crippen molar-refractivity contribution >= 4 is 17.4 Å². The molecule has 1 saturated heterocycles. The van der Waals surface area contributed by atoms with Gasteiger partial charge in [0.15, 0.2) is 5.82 Å². The van der Waals surface area contributed by atoms with Gasteiger partial charge in [-0.25, -0.2) is 0 Å². The van der Waals surface area contributed by atoms with Gasteiger partial charge in [0, 0.05) is 25.4 Å². The lowest BCUT2D eigenvalue weighted by Crippen LogP contribution is -2.40. The molecule has 110 valence electrons. The van der Waals surface area contributed by atoms with Crippen molar-refractivity contribution in [3.05, 3.63) is 35.9 Å². The molecule has 0 aliphatic carbocycles. The Kier molecular flexibility index (Phi) is 3.83. The van der Waals surface area contributed by atoms with Gasteiger partial charge in [-0.3, -0.25) is 9.78 Å². The molecule has 2 aromatic heterocycles. The lowest BCUT2D eigenvalue weighted by atomic mass is 10.2. The smallest absolute Gasteiger partial charge is 0.255 e. The molecule has 0 unspecified atom stereocenters. The Morgan fingerprint density at radius 3 is 2.81 bits per heavy atom. The van der Waals surface area contributed by atoms with E-state index in [0.717, 1.165) is 0 Å². The average molecular weight is 288 g/mol. The van der Waals surface area contributed by atoms with Crippen LogP contribution in [0.15, 0.2) is 29.0 Å². The first-order valence-corrected chi connectivity index (χ1v) is 6.75. The topological polar surface area (TPSA) is 80.5 Å². The molecule has 3 heterocycles. The molecule has 0 atom stereocenters. The zero-order valence-electron chi connectivity index (χ0n) is 11.7. The summed E-state index contributed by atoms with van der Waals surface area (Å²) in [5.41, 5.74) is 1.24. The standard InChI is InChI=1S/C14H16N4O3/c1-10-6-13(17-21-10)16-12-7-11(8-15-9-12)14(19)18-2-4-20-5-3-18/h6-9H,2-5H2,1H3,(H,16,17). The molecule has 0 spiro atoms. The Bertz CT molecular complexity index is 635. The summed E-state index contributed by atoms with van der Waals surface area (Å²) in [6, 6.07) is 3.53. The second kappa shape index (κ2) is 5.92. The number of nitrogens with one attached hydrogen (secondary N) is 1. The summed E-state index contributed by atoms with van der Waals surface area (Å²) in [7, 11) is 0. The molecule has 1 fully saturated rings. The zero-order valence-corrected chi connectivity index (χ0v) is 11.7. The van der Waals surface area contributed by atoms with Gasteiger partial charge < -0.3 is 19.5 Å². The van der Waals surface area contributed by atoms with Gasteiger partial charge in [0.25, 0.3) is 5.91 Å².